The van der Waals surface area contributed by atoms with Crippen LogP contribution in [0.2, 0.25) is 0 Å². The standard InChI is InChI=1S/C48H30N6/c1-2-8-40-39(7-1)41-15-9-31(33-11-17-47(51-27-33)37-13-19-45(53-29-37)35-5-3-21-49-25-35)23-43(41)44-24-32(10-16-42(40)44)34-12-18-48(52-28-34)38-14-20-46(54-30-38)36-6-4-22-50-26-36/h1-30H. The minimum absolute atomic E-state index is 0.878. The highest BCUT2D eigenvalue weighted by molar-refractivity contribution is 6.26. The van der Waals surface area contributed by atoms with E-state index in [1.807, 2.05) is 73.6 Å². The van der Waals surface area contributed by atoms with Gasteiger partial charge in [0.1, 0.15) is 0 Å². The minimum Gasteiger partial charge on any atom is -0.264 e. The molecule has 0 aliphatic rings. The molecule has 4 aromatic carbocycles. The third kappa shape index (κ3) is 5.72. The van der Waals surface area contributed by atoms with Crippen LogP contribution in [0.1, 0.15) is 0 Å². The highest BCUT2D eigenvalue weighted by Gasteiger charge is 2.13. The van der Waals surface area contributed by atoms with E-state index in [-0.39, 0.29) is 0 Å². The van der Waals surface area contributed by atoms with E-state index in [0.717, 1.165) is 67.3 Å². The second kappa shape index (κ2) is 13.3. The molecule has 54 heavy (non-hydrogen) atoms. The normalized spacial score (nSPS) is 11.3. The molecule has 0 spiro atoms. The Morgan fingerprint density at radius 1 is 0.241 bits per heavy atom. The second-order valence-electron chi connectivity index (χ2n) is 13.3. The number of benzene rings is 4. The Hall–Kier alpha value is -7.44. The molecule has 6 nitrogen and oxygen atoms in total. The Labute approximate surface area is 311 Å². The van der Waals surface area contributed by atoms with Gasteiger partial charge in [-0.15, -0.1) is 0 Å². The van der Waals surface area contributed by atoms with Gasteiger partial charge in [-0.3, -0.25) is 29.9 Å². The summed E-state index contributed by atoms with van der Waals surface area (Å²) in [6, 6.07) is 46.6. The van der Waals surface area contributed by atoms with E-state index >= 15 is 0 Å². The number of hydrogen-bond donors (Lipinski definition) is 0. The number of pyridine rings is 6. The third-order valence-electron chi connectivity index (χ3n) is 10.1. The Morgan fingerprint density at radius 3 is 0.944 bits per heavy atom. The van der Waals surface area contributed by atoms with Crippen LogP contribution < -0.4 is 0 Å². The molecule has 252 valence electrons. The Kier molecular flexibility index (Phi) is 7.69. The fraction of sp³-hybridized carbons (Fsp3) is 0. The van der Waals surface area contributed by atoms with Gasteiger partial charge < -0.3 is 0 Å². The molecule has 6 heterocycles. The zero-order chi connectivity index (χ0) is 35.8. The second-order valence-corrected chi connectivity index (χ2v) is 13.3. The first-order valence-electron chi connectivity index (χ1n) is 17.8. The summed E-state index contributed by atoms with van der Waals surface area (Å²) in [5.41, 5.74) is 11.8. The molecule has 10 aromatic rings. The SMILES string of the molecule is c1cncc(-c2ccc(-c3ccc(-c4ccc5c6ccccc6c6ccc(-c7ccc(-c8ccc(-c9cccnc9)nc8)nc7)cc6c5c4)cn3)cn2)c1. The van der Waals surface area contributed by atoms with Gasteiger partial charge in [0, 0.05) is 83.0 Å². The van der Waals surface area contributed by atoms with E-state index < -0.39 is 0 Å². The van der Waals surface area contributed by atoms with E-state index in [4.69, 9.17) is 9.97 Å². The molecule has 0 N–H and O–H groups in total. The lowest BCUT2D eigenvalue weighted by atomic mass is 9.90. The van der Waals surface area contributed by atoms with E-state index in [1.165, 1.54) is 32.3 Å². The smallest absolute Gasteiger partial charge is 0.0717 e. The molecule has 10 rings (SSSR count). The van der Waals surface area contributed by atoms with Crippen molar-refractivity contribution in [1.82, 2.24) is 29.9 Å². The predicted octanol–water partition coefficient (Wildman–Crippen LogP) is 11.5. The quantitative estimate of drug-likeness (QED) is 0.162. The summed E-state index contributed by atoms with van der Waals surface area (Å²) in [6.07, 6.45) is 14.8. The maximum absolute atomic E-state index is 4.86. The number of aromatic nitrogens is 6. The molecular weight excluding hydrogens is 661 g/mol. The van der Waals surface area contributed by atoms with E-state index in [2.05, 4.69) is 117 Å². The number of rotatable bonds is 6. The molecule has 6 aromatic heterocycles. The van der Waals surface area contributed by atoms with Gasteiger partial charge in [-0.2, -0.15) is 0 Å². The highest BCUT2D eigenvalue weighted by atomic mass is 14.7. The summed E-state index contributed by atoms with van der Waals surface area (Å²) in [7, 11) is 0. The molecule has 0 saturated carbocycles. The van der Waals surface area contributed by atoms with Crippen LogP contribution in [-0.2, 0) is 0 Å². The third-order valence-corrected chi connectivity index (χ3v) is 10.1. The van der Waals surface area contributed by atoms with E-state index in [1.54, 1.807) is 12.4 Å². The summed E-state index contributed by atoms with van der Waals surface area (Å²) in [5.74, 6) is 0. The van der Waals surface area contributed by atoms with Crippen molar-refractivity contribution >= 4 is 32.3 Å². The van der Waals surface area contributed by atoms with Gasteiger partial charge in [0.25, 0.3) is 0 Å². The molecular formula is C48H30N6. The number of nitrogens with zero attached hydrogens (tertiary/aromatic N) is 6. The van der Waals surface area contributed by atoms with Crippen LogP contribution in [0.5, 0.6) is 0 Å². The van der Waals surface area contributed by atoms with Gasteiger partial charge in [-0.25, -0.2) is 0 Å². The van der Waals surface area contributed by atoms with Crippen molar-refractivity contribution < 1.29 is 0 Å². The van der Waals surface area contributed by atoms with Crippen LogP contribution in [0.15, 0.2) is 183 Å². The first-order valence-corrected chi connectivity index (χ1v) is 17.8. The molecule has 0 amide bonds. The van der Waals surface area contributed by atoms with Gasteiger partial charge in [0.15, 0.2) is 0 Å². The monoisotopic (exact) mass is 690 g/mol. The lowest BCUT2D eigenvalue weighted by Gasteiger charge is -2.14. The summed E-state index contributed by atoms with van der Waals surface area (Å²) < 4.78 is 0. The fourth-order valence-electron chi connectivity index (χ4n) is 7.25. The first-order chi connectivity index (χ1) is 26.7. The van der Waals surface area contributed by atoms with Crippen molar-refractivity contribution in [1.29, 1.82) is 0 Å². The van der Waals surface area contributed by atoms with Crippen LogP contribution in [0.4, 0.5) is 0 Å². The van der Waals surface area contributed by atoms with Crippen LogP contribution in [0, 0.1) is 0 Å². The Morgan fingerprint density at radius 2 is 0.593 bits per heavy atom. The summed E-state index contributed by atoms with van der Waals surface area (Å²) >= 11 is 0. The molecule has 0 bridgehead atoms. The number of hydrogen-bond acceptors (Lipinski definition) is 6. The van der Waals surface area contributed by atoms with Gasteiger partial charge in [0.2, 0.25) is 0 Å². The summed E-state index contributed by atoms with van der Waals surface area (Å²) in [4.78, 5) is 27.5. The zero-order valence-electron chi connectivity index (χ0n) is 29.0. The molecule has 0 aliphatic carbocycles. The molecule has 0 aliphatic heterocycles. The van der Waals surface area contributed by atoms with Gasteiger partial charge in [-0.05, 0) is 116 Å². The maximum Gasteiger partial charge on any atom is 0.0717 e. The lowest BCUT2D eigenvalue weighted by molar-refractivity contribution is 1.26. The zero-order valence-corrected chi connectivity index (χ0v) is 29.0. The van der Waals surface area contributed by atoms with Crippen molar-refractivity contribution in [2.45, 2.75) is 0 Å². The van der Waals surface area contributed by atoms with Crippen LogP contribution in [0.25, 0.3) is 99.6 Å². The van der Waals surface area contributed by atoms with Gasteiger partial charge in [-0.1, -0.05) is 60.7 Å². The maximum atomic E-state index is 4.86. The topological polar surface area (TPSA) is 77.3 Å². The van der Waals surface area contributed by atoms with E-state index in [0.29, 0.717) is 0 Å². The predicted molar refractivity (Wildman–Crippen MR) is 218 cm³/mol. The van der Waals surface area contributed by atoms with Crippen LogP contribution in [0.3, 0.4) is 0 Å². The molecule has 0 atom stereocenters. The summed E-state index contributed by atoms with van der Waals surface area (Å²) in [5, 5.41) is 7.32. The largest absolute Gasteiger partial charge is 0.264 e. The van der Waals surface area contributed by atoms with E-state index in [9.17, 15) is 0 Å². The first kappa shape index (κ1) is 31.3. The van der Waals surface area contributed by atoms with Crippen molar-refractivity contribution in [3.63, 3.8) is 0 Å². The molecule has 0 radical (unpaired) electrons. The van der Waals surface area contributed by atoms with Crippen molar-refractivity contribution in [2.75, 3.05) is 0 Å². The fourth-order valence-corrected chi connectivity index (χ4v) is 7.25. The van der Waals surface area contributed by atoms with Gasteiger partial charge in [0.05, 0.1) is 22.8 Å². The van der Waals surface area contributed by atoms with Crippen LogP contribution in [-0.4, -0.2) is 29.9 Å². The molecule has 0 unspecified atom stereocenters. The van der Waals surface area contributed by atoms with Crippen LogP contribution >= 0.6 is 0 Å². The Bertz CT molecular complexity index is 2720. The lowest BCUT2D eigenvalue weighted by Crippen LogP contribution is -1.90. The average molecular weight is 691 g/mol. The minimum atomic E-state index is 0.878. The van der Waals surface area contributed by atoms with Gasteiger partial charge >= 0.3 is 0 Å². The summed E-state index contributed by atoms with van der Waals surface area (Å²) in [6.45, 7) is 0. The van der Waals surface area contributed by atoms with Crippen molar-refractivity contribution in [3.05, 3.63) is 183 Å². The van der Waals surface area contributed by atoms with Crippen molar-refractivity contribution in [3.8, 4) is 67.3 Å². The average Bonchev–Trinajstić information content (AvgIpc) is 3.27. The molecule has 0 fully saturated rings. The number of fused-ring (bicyclic) bond motifs is 6. The highest BCUT2D eigenvalue weighted by Crippen LogP contribution is 2.39. The molecule has 0 saturated heterocycles. The Balaban J connectivity index is 0.990. The van der Waals surface area contributed by atoms with Crippen molar-refractivity contribution in [2.24, 2.45) is 0 Å². The molecule has 6 heteroatoms.